The first-order valence-electron chi connectivity index (χ1n) is 6.72. The number of hydrogen-bond acceptors (Lipinski definition) is 3. The summed E-state index contributed by atoms with van der Waals surface area (Å²) in [5.41, 5.74) is -0.525. The Morgan fingerprint density at radius 3 is 2.48 bits per heavy atom. The number of hydrogen-bond donors (Lipinski definition) is 3. The molecule has 0 aliphatic rings. The number of carboxylic acid groups (broad SMARTS) is 1. The number of anilines is 1. The lowest BCUT2D eigenvalue weighted by Gasteiger charge is -2.25. The van der Waals surface area contributed by atoms with Crippen LogP contribution in [0.4, 0.5) is 5.69 Å². The van der Waals surface area contributed by atoms with Crippen LogP contribution in [-0.4, -0.2) is 28.4 Å². The van der Waals surface area contributed by atoms with Crippen LogP contribution in [0, 0.1) is 0 Å². The van der Waals surface area contributed by atoms with Crippen molar-refractivity contribution < 1.29 is 19.5 Å². The van der Waals surface area contributed by atoms with Crippen molar-refractivity contribution in [2.24, 2.45) is 0 Å². The van der Waals surface area contributed by atoms with Crippen LogP contribution in [0.15, 0.2) is 24.3 Å². The van der Waals surface area contributed by atoms with Gasteiger partial charge >= 0.3 is 5.97 Å². The number of nitrogens with one attached hydrogen (secondary N) is 2. The van der Waals surface area contributed by atoms with Crippen LogP contribution in [0.3, 0.4) is 0 Å². The minimum Gasteiger partial charge on any atom is -0.480 e. The molecule has 1 aromatic carbocycles. The van der Waals surface area contributed by atoms with Crippen molar-refractivity contribution >= 4 is 23.5 Å². The SMILES string of the molecule is CCCC(C)(NC(=O)c1cccc(NC(C)=O)c1)C(=O)O. The Balaban J connectivity index is 2.93. The minimum atomic E-state index is -1.31. The van der Waals surface area contributed by atoms with Crippen LogP contribution in [-0.2, 0) is 9.59 Å². The first-order valence-corrected chi connectivity index (χ1v) is 6.72. The smallest absolute Gasteiger partial charge is 0.329 e. The summed E-state index contributed by atoms with van der Waals surface area (Å²) >= 11 is 0. The van der Waals surface area contributed by atoms with Crippen LogP contribution in [0.1, 0.15) is 44.0 Å². The Morgan fingerprint density at radius 2 is 1.95 bits per heavy atom. The number of carbonyl (C=O) groups is 3. The molecule has 0 fully saturated rings. The molecule has 0 bridgehead atoms. The van der Waals surface area contributed by atoms with Gasteiger partial charge in [-0.05, 0) is 31.5 Å². The average Bonchev–Trinajstić information content (AvgIpc) is 2.38. The second-order valence-corrected chi connectivity index (χ2v) is 5.10. The van der Waals surface area contributed by atoms with E-state index in [9.17, 15) is 19.5 Å². The van der Waals surface area contributed by atoms with Crippen molar-refractivity contribution in [1.82, 2.24) is 5.32 Å². The summed E-state index contributed by atoms with van der Waals surface area (Å²) in [4.78, 5) is 34.5. The molecule has 0 saturated carbocycles. The van der Waals surface area contributed by atoms with Crippen molar-refractivity contribution in [3.8, 4) is 0 Å². The molecule has 0 aliphatic carbocycles. The molecule has 0 aliphatic heterocycles. The molecule has 0 aromatic heterocycles. The fraction of sp³-hybridized carbons (Fsp3) is 0.400. The van der Waals surface area contributed by atoms with Crippen LogP contribution < -0.4 is 10.6 Å². The third-order valence-electron chi connectivity index (χ3n) is 3.06. The highest BCUT2D eigenvalue weighted by molar-refractivity contribution is 5.99. The van der Waals surface area contributed by atoms with Gasteiger partial charge in [0.05, 0.1) is 0 Å². The summed E-state index contributed by atoms with van der Waals surface area (Å²) in [6.07, 6.45) is 0.967. The minimum absolute atomic E-state index is 0.242. The van der Waals surface area contributed by atoms with Gasteiger partial charge in [-0.25, -0.2) is 4.79 Å². The normalized spacial score (nSPS) is 13.1. The monoisotopic (exact) mass is 292 g/mol. The van der Waals surface area contributed by atoms with Gasteiger partial charge in [-0.2, -0.15) is 0 Å². The van der Waals surface area contributed by atoms with Crippen molar-refractivity contribution in [2.45, 2.75) is 39.2 Å². The molecule has 0 spiro atoms. The highest BCUT2D eigenvalue weighted by Gasteiger charge is 2.34. The van der Waals surface area contributed by atoms with E-state index in [2.05, 4.69) is 10.6 Å². The Morgan fingerprint density at radius 1 is 1.29 bits per heavy atom. The quantitative estimate of drug-likeness (QED) is 0.747. The zero-order valence-corrected chi connectivity index (χ0v) is 12.4. The van der Waals surface area contributed by atoms with Crippen molar-refractivity contribution in [2.75, 3.05) is 5.32 Å². The molecule has 6 heteroatoms. The fourth-order valence-electron chi connectivity index (χ4n) is 1.99. The molecule has 0 saturated heterocycles. The maximum atomic E-state index is 12.2. The molecule has 0 heterocycles. The zero-order chi connectivity index (χ0) is 16.0. The molecule has 21 heavy (non-hydrogen) atoms. The molecule has 1 unspecified atom stereocenters. The van der Waals surface area contributed by atoms with Crippen LogP contribution >= 0.6 is 0 Å². The summed E-state index contributed by atoms with van der Waals surface area (Å²) < 4.78 is 0. The first-order chi connectivity index (χ1) is 9.78. The molecule has 114 valence electrons. The maximum Gasteiger partial charge on any atom is 0.329 e. The number of rotatable bonds is 6. The van der Waals surface area contributed by atoms with E-state index in [-0.39, 0.29) is 5.91 Å². The molecular formula is C15H20N2O4. The standard InChI is InChI=1S/C15H20N2O4/c1-4-8-15(3,14(20)21)17-13(19)11-6-5-7-12(9-11)16-10(2)18/h5-7,9H,4,8H2,1-3H3,(H,16,18)(H,17,19)(H,20,21). The predicted octanol–water partition coefficient (Wildman–Crippen LogP) is 2.02. The highest BCUT2D eigenvalue weighted by Crippen LogP contribution is 2.16. The van der Waals surface area contributed by atoms with E-state index < -0.39 is 17.4 Å². The van der Waals surface area contributed by atoms with Gasteiger partial charge in [-0.1, -0.05) is 19.4 Å². The molecule has 3 N–H and O–H groups in total. The van der Waals surface area contributed by atoms with E-state index in [0.717, 1.165) is 0 Å². The number of carboxylic acids is 1. The van der Waals surface area contributed by atoms with Gasteiger partial charge in [0, 0.05) is 18.2 Å². The summed E-state index contributed by atoms with van der Waals surface area (Å²) in [5.74, 6) is -1.80. The van der Waals surface area contributed by atoms with Crippen LogP contribution in [0.25, 0.3) is 0 Å². The topological polar surface area (TPSA) is 95.5 Å². The third-order valence-corrected chi connectivity index (χ3v) is 3.06. The van der Waals surface area contributed by atoms with E-state index >= 15 is 0 Å². The molecular weight excluding hydrogens is 272 g/mol. The van der Waals surface area contributed by atoms with Crippen molar-refractivity contribution in [3.05, 3.63) is 29.8 Å². The highest BCUT2D eigenvalue weighted by atomic mass is 16.4. The molecule has 0 radical (unpaired) electrons. The summed E-state index contributed by atoms with van der Waals surface area (Å²) in [6.45, 7) is 4.70. The van der Waals surface area contributed by atoms with E-state index in [0.29, 0.717) is 24.1 Å². The van der Waals surface area contributed by atoms with Gasteiger partial charge in [-0.3, -0.25) is 9.59 Å². The van der Waals surface area contributed by atoms with Crippen LogP contribution in [0.2, 0.25) is 0 Å². The second kappa shape index (κ2) is 6.88. The lowest BCUT2D eigenvalue weighted by atomic mass is 9.95. The van der Waals surface area contributed by atoms with Gasteiger partial charge in [-0.15, -0.1) is 0 Å². The maximum absolute atomic E-state index is 12.2. The van der Waals surface area contributed by atoms with Crippen molar-refractivity contribution in [1.29, 1.82) is 0 Å². The molecule has 1 aromatic rings. The van der Waals surface area contributed by atoms with Crippen molar-refractivity contribution in [3.63, 3.8) is 0 Å². The molecule has 1 rings (SSSR count). The largest absolute Gasteiger partial charge is 0.480 e. The lowest BCUT2D eigenvalue weighted by Crippen LogP contribution is -2.52. The fourth-order valence-corrected chi connectivity index (χ4v) is 1.99. The molecule has 1 atom stereocenters. The van der Waals surface area contributed by atoms with E-state index in [4.69, 9.17) is 0 Å². The number of benzene rings is 1. The molecule has 2 amide bonds. The summed E-state index contributed by atoms with van der Waals surface area (Å²) in [7, 11) is 0. The average molecular weight is 292 g/mol. The Bertz CT molecular complexity index is 556. The van der Waals surface area contributed by atoms with Gasteiger partial charge < -0.3 is 15.7 Å². The van der Waals surface area contributed by atoms with Gasteiger partial charge in [0.25, 0.3) is 5.91 Å². The lowest BCUT2D eigenvalue weighted by molar-refractivity contribution is -0.144. The number of aliphatic carboxylic acids is 1. The Kier molecular flexibility index (Phi) is 5.46. The van der Waals surface area contributed by atoms with E-state index in [1.54, 1.807) is 18.2 Å². The van der Waals surface area contributed by atoms with Gasteiger partial charge in [0.15, 0.2) is 0 Å². The zero-order valence-electron chi connectivity index (χ0n) is 12.4. The second-order valence-electron chi connectivity index (χ2n) is 5.10. The Hall–Kier alpha value is -2.37. The predicted molar refractivity (Wildman–Crippen MR) is 79.2 cm³/mol. The number of carbonyl (C=O) groups excluding carboxylic acids is 2. The summed E-state index contributed by atoms with van der Waals surface area (Å²) in [5, 5.41) is 14.4. The van der Waals surface area contributed by atoms with E-state index in [1.165, 1.54) is 19.9 Å². The summed E-state index contributed by atoms with van der Waals surface area (Å²) in [6, 6.07) is 6.35. The third kappa shape index (κ3) is 4.59. The van der Waals surface area contributed by atoms with Gasteiger partial charge in [0.1, 0.15) is 5.54 Å². The van der Waals surface area contributed by atoms with Gasteiger partial charge in [0.2, 0.25) is 5.91 Å². The van der Waals surface area contributed by atoms with Crippen LogP contribution in [0.5, 0.6) is 0 Å². The first kappa shape index (κ1) is 16.7. The Labute approximate surface area is 123 Å². The number of amides is 2. The molecule has 6 nitrogen and oxygen atoms in total. The van der Waals surface area contributed by atoms with E-state index in [1.807, 2.05) is 6.92 Å².